The number of morpholine rings is 1. The summed E-state index contributed by atoms with van der Waals surface area (Å²) in [5.74, 6) is 0. The van der Waals surface area contributed by atoms with Crippen LogP contribution in [-0.2, 0) is 4.74 Å². The van der Waals surface area contributed by atoms with E-state index in [4.69, 9.17) is 4.74 Å². The molecule has 0 aliphatic carbocycles. The van der Waals surface area contributed by atoms with Gasteiger partial charge in [0, 0.05) is 13.1 Å². The monoisotopic (exact) mass is 247 g/mol. The molecule has 2 unspecified atom stereocenters. The summed E-state index contributed by atoms with van der Waals surface area (Å²) in [5.41, 5.74) is 1.31. The molecule has 0 radical (unpaired) electrons. The van der Waals surface area contributed by atoms with Gasteiger partial charge in [-0.05, 0) is 25.5 Å². The highest BCUT2D eigenvalue weighted by Gasteiger charge is 2.25. The van der Waals surface area contributed by atoms with Gasteiger partial charge < -0.3 is 4.74 Å². The van der Waals surface area contributed by atoms with Crippen LogP contribution in [0.4, 0.5) is 0 Å². The first-order valence-corrected chi connectivity index (χ1v) is 7.22. The molecule has 2 atom stereocenters. The van der Waals surface area contributed by atoms with Crippen molar-refractivity contribution in [3.8, 4) is 0 Å². The summed E-state index contributed by atoms with van der Waals surface area (Å²) in [6.07, 6.45) is 4.52. The molecule has 0 saturated carbocycles. The van der Waals surface area contributed by atoms with E-state index in [1.165, 1.54) is 31.4 Å². The van der Waals surface area contributed by atoms with E-state index in [0.29, 0.717) is 6.10 Å². The molecule has 0 aromatic heterocycles. The minimum atomic E-state index is 0.247. The SMILES string of the molecule is CCCCCN1CC(C)OC(c2ccccc2)C1. The van der Waals surface area contributed by atoms with Gasteiger partial charge in [0.05, 0.1) is 12.2 Å². The molecule has 2 rings (SSSR count). The summed E-state index contributed by atoms with van der Waals surface area (Å²) in [6, 6.07) is 10.6. The Labute approximate surface area is 111 Å². The van der Waals surface area contributed by atoms with Gasteiger partial charge in [-0.25, -0.2) is 0 Å². The molecule has 0 amide bonds. The second kappa shape index (κ2) is 6.91. The maximum absolute atomic E-state index is 6.07. The smallest absolute Gasteiger partial charge is 0.0956 e. The first-order chi connectivity index (χ1) is 8.79. The lowest BCUT2D eigenvalue weighted by atomic mass is 10.1. The van der Waals surface area contributed by atoms with Crippen LogP contribution in [0, 0.1) is 0 Å². The van der Waals surface area contributed by atoms with E-state index in [1.54, 1.807) is 0 Å². The molecule has 0 spiro atoms. The summed E-state index contributed by atoms with van der Waals surface area (Å²) in [4.78, 5) is 2.56. The van der Waals surface area contributed by atoms with Crippen LogP contribution >= 0.6 is 0 Å². The molecule has 1 aliphatic rings. The Hall–Kier alpha value is -0.860. The average molecular weight is 247 g/mol. The third kappa shape index (κ3) is 3.82. The predicted molar refractivity (Wildman–Crippen MR) is 75.7 cm³/mol. The number of nitrogens with zero attached hydrogens (tertiary/aromatic N) is 1. The normalized spacial score (nSPS) is 25.2. The third-order valence-electron chi connectivity index (χ3n) is 3.59. The van der Waals surface area contributed by atoms with Crippen molar-refractivity contribution in [2.24, 2.45) is 0 Å². The maximum atomic E-state index is 6.07. The van der Waals surface area contributed by atoms with Crippen molar-refractivity contribution < 1.29 is 4.74 Å². The van der Waals surface area contributed by atoms with Crippen LogP contribution < -0.4 is 0 Å². The van der Waals surface area contributed by atoms with Crippen molar-refractivity contribution in [2.45, 2.75) is 45.3 Å². The van der Waals surface area contributed by atoms with E-state index >= 15 is 0 Å². The van der Waals surface area contributed by atoms with Crippen LogP contribution in [0.1, 0.15) is 44.8 Å². The van der Waals surface area contributed by atoms with E-state index in [1.807, 2.05) is 0 Å². The molecule has 0 bridgehead atoms. The molecule has 18 heavy (non-hydrogen) atoms. The molecule has 1 aliphatic heterocycles. The minimum Gasteiger partial charge on any atom is -0.368 e. The largest absolute Gasteiger partial charge is 0.368 e. The summed E-state index contributed by atoms with van der Waals surface area (Å²) < 4.78 is 6.07. The highest BCUT2D eigenvalue weighted by Crippen LogP contribution is 2.25. The Bertz CT molecular complexity index is 338. The zero-order chi connectivity index (χ0) is 12.8. The van der Waals surface area contributed by atoms with Crippen LogP contribution in [0.25, 0.3) is 0 Å². The van der Waals surface area contributed by atoms with Crippen molar-refractivity contribution in [3.05, 3.63) is 35.9 Å². The van der Waals surface area contributed by atoms with E-state index in [-0.39, 0.29) is 6.10 Å². The molecular formula is C16H25NO. The molecule has 1 saturated heterocycles. The number of hydrogen-bond donors (Lipinski definition) is 0. The molecule has 2 nitrogen and oxygen atoms in total. The van der Waals surface area contributed by atoms with Crippen molar-refractivity contribution in [2.75, 3.05) is 19.6 Å². The van der Waals surface area contributed by atoms with Crippen molar-refractivity contribution >= 4 is 0 Å². The zero-order valence-corrected chi connectivity index (χ0v) is 11.6. The van der Waals surface area contributed by atoms with Gasteiger partial charge in [0.2, 0.25) is 0 Å². The molecule has 100 valence electrons. The van der Waals surface area contributed by atoms with Crippen LogP contribution in [0.5, 0.6) is 0 Å². The van der Waals surface area contributed by atoms with Gasteiger partial charge in [0.15, 0.2) is 0 Å². The van der Waals surface area contributed by atoms with Crippen molar-refractivity contribution in [1.82, 2.24) is 4.90 Å². The van der Waals surface area contributed by atoms with Crippen molar-refractivity contribution in [1.29, 1.82) is 0 Å². The van der Waals surface area contributed by atoms with Crippen molar-refractivity contribution in [3.63, 3.8) is 0 Å². The van der Waals surface area contributed by atoms with Gasteiger partial charge in [-0.2, -0.15) is 0 Å². The zero-order valence-electron chi connectivity index (χ0n) is 11.6. The van der Waals surface area contributed by atoms with Crippen LogP contribution in [-0.4, -0.2) is 30.6 Å². The Kier molecular flexibility index (Phi) is 5.21. The fourth-order valence-electron chi connectivity index (χ4n) is 2.66. The summed E-state index contributed by atoms with van der Waals surface area (Å²) in [6.45, 7) is 7.77. The Balaban J connectivity index is 1.92. The second-order valence-electron chi connectivity index (χ2n) is 5.31. The highest BCUT2D eigenvalue weighted by molar-refractivity contribution is 5.18. The lowest BCUT2D eigenvalue weighted by molar-refractivity contribution is -0.0791. The van der Waals surface area contributed by atoms with E-state index < -0.39 is 0 Å². The lowest BCUT2D eigenvalue weighted by Gasteiger charge is -2.37. The first-order valence-electron chi connectivity index (χ1n) is 7.22. The molecular weight excluding hydrogens is 222 g/mol. The first kappa shape index (κ1) is 13.6. The average Bonchev–Trinajstić information content (AvgIpc) is 2.39. The van der Waals surface area contributed by atoms with E-state index in [0.717, 1.165) is 13.1 Å². The molecule has 1 fully saturated rings. The van der Waals surface area contributed by atoms with Gasteiger partial charge >= 0.3 is 0 Å². The summed E-state index contributed by atoms with van der Waals surface area (Å²) in [7, 11) is 0. The van der Waals surface area contributed by atoms with Gasteiger partial charge in [-0.1, -0.05) is 50.1 Å². The van der Waals surface area contributed by atoms with E-state index in [2.05, 4.69) is 49.1 Å². The van der Waals surface area contributed by atoms with Gasteiger partial charge in [0.1, 0.15) is 0 Å². The molecule has 0 N–H and O–H groups in total. The maximum Gasteiger partial charge on any atom is 0.0956 e. The lowest BCUT2D eigenvalue weighted by Crippen LogP contribution is -2.43. The molecule has 1 heterocycles. The van der Waals surface area contributed by atoms with Crippen LogP contribution in [0.3, 0.4) is 0 Å². The standard InChI is InChI=1S/C16H25NO/c1-3-4-8-11-17-12-14(2)18-16(13-17)15-9-6-5-7-10-15/h5-7,9-10,14,16H,3-4,8,11-13H2,1-2H3. The molecule has 1 aromatic carbocycles. The Morgan fingerprint density at radius 1 is 1.17 bits per heavy atom. The van der Waals surface area contributed by atoms with Gasteiger partial charge in [-0.15, -0.1) is 0 Å². The highest BCUT2D eigenvalue weighted by atomic mass is 16.5. The second-order valence-corrected chi connectivity index (χ2v) is 5.31. The fourth-order valence-corrected chi connectivity index (χ4v) is 2.66. The Morgan fingerprint density at radius 3 is 2.67 bits per heavy atom. The quantitative estimate of drug-likeness (QED) is 0.737. The predicted octanol–water partition coefficient (Wildman–Crippen LogP) is 3.64. The van der Waals surface area contributed by atoms with E-state index in [9.17, 15) is 0 Å². The van der Waals surface area contributed by atoms with Crippen LogP contribution in [0.15, 0.2) is 30.3 Å². The number of unbranched alkanes of at least 4 members (excludes halogenated alkanes) is 2. The fraction of sp³-hybridized carbons (Fsp3) is 0.625. The summed E-state index contributed by atoms with van der Waals surface area (Å²) >= 11 is 0. The number of benzene rings is 1. The number of ether oxygens (including phenoxy) is 1. The number of hydrogen-bond acceptors (Lipinski definition) is 2. The summed E-state index contributed by atoms with van der Waals surface area (Å²) in [5, 5.41) is 0. The molecule has 2 heteroatoms. The minimum absolute atomic E-state index is 0.247. The van der Waals surface area contributed by atoms with Gasteiger partial charge in [-0.3, -0.25) is 4.90 Å². The topological polar surface area (TPSA) is 12.5 Å². The number of rotatable bonds is 5. The van der Waals surface area contributed by atoms with Gasteiger partial charge in [0.25, 0.3) is 0 Å². The Morgan fingerprint density at radius 2 is 1.94 bits per heavy atom. The third-order valence-corrected chi connectivity index (χ3v) is 3.59. The van der Waals surface area contributed by atoms with Crippen LogP contribution in [0.2, 0.25) is 0 Å². The molecule has 1 aromatic rings.